The smallest absolute Gasteiger partial charge is 0.146 e. The molecule has 2 aromatic rings. The maximum Gasteiger partial charge on any atom is 0.146 e. The molecule has 0 saturated heterocycles. The van der Waals surface area contributed by atoms with Gasteiger partial charge in [-0.25, -0.2) is 15.4 Å². The van der Waals surface area contributed by atoms with Gasteiger partial charge in [0.25, 0.3) is 0 Å². The quantitative estimate of drug-likeness (QED) is 0.621. The van der Waals surface area contributed by atoms with Gasteiger partial charge in [0.1, 0.15) is 11.6 Å². The summed E-state index contributed by atoms with van der Waals surface area (Å²) in [6, 6.07) is 7.99. The summed E-state index contributed by atoms with van der Waals surface area (Å²) in [6.07, 6.45) is 5.35. The molecule has 0 spiro atoms. The lowest BCUT2D eigenvalue weighted by Crippen LogP contribution is -2.29. The first-order valence-electron chi connectivity index (χ1n) is 6.60. The number of aromatic nitrogens is 2. The Morgan fingerprint density at radius 3 is 2.40 bits per heavy atom. The molecule has 1 unspecified atom stereocenters. The Labute approximate surface area is 119 Å². The van der Waals surface area contributed by atoms with Crippen molar-refractivity contribution in [2.24, 2.45) is 5.84 Å². The van der Waals surface area contributed by atoms with E-state index in [1.165, 1.54) is 5.56 Å². The van der Waals surface area contributed by atoms with Crippen molar-refractivity contribution in [3.63, 3.8) is 0 Å². The topological polar surface area (TPSA) is 73.1 Å². The van der Waals surface area contributed by atoms with Crippen LogP contribution in [0.4, 0.5) is 0 Å². The summed E-state index contributed by atoms with van der Waals surface area (Å²) in [7, 11) is 1.66. The van der Waals surface area contributed by atoms with Gasteiger partial charge in [0.2, 0.25) is 0 Å². The van der Waals surface area contributed by atoms with E-state index in [9.17, 15) is 0 Å². The summed E-state index contributed by atoms with van der Waals surface area (Å²) < 4.78 is 5.14. The van der Waals surface area contributed by atoms with Crippen LogP contribution < -0.4 is 16.0 Å². The third-order valence-electron chi connectivity index (χ3n) is 3.19. The number of hydrazine groups is 1. The van der Waals surface area contributed by atoms with Crippen LogP contribution >= 0.6 is 0 Å². The number of methoxy groups -OCH3 is 1. The van der Waals surface area contributed by atoms with Gasteiger partial charge in [-0.05, 0) is 43.0 Å². The Kier molecular flexibility index (Phi) is 5.03. The van der Waals surface area contributed by atoms with Gasteiger partial charge in [-0.1, -0.05) is 12.1 Å². The Morgan fingerprint density at radius 1 is 1.20 bits per heavy atom. The number of hydrogen-bond acceptors (Lipinski definition) is 5. The van der Waals surface area contributed by atoms with Crippen LogP contribution in [0.3, 0.4) is 0 Å². The molecule has 1 aromatic heterocycles. The first-order valence-corrected chi connectivity index (χ1v) is 6.60. The Balaban J connectivity index is 1.97. The van der Waals surface area contributed by atoms with Gasteiger partial charge in [0.05, 0.1) is 13.2 Å². The Morgan fingerprint density at radius 2 is 1.85 bits per heavy atom. The highest BCUT2D eigenvalue weighted by atomic mass is 16.5. The molecule has 3 N–H and O–H groups in total. The van der Waals surface area contributed by atoms with Crippen LogP contribution in [0, 0.1) is 6.92 Å². The van der Waals surface area contributed by atoms with Gasteiger partial charge in [0.15, 0.2) is 0 Å². The van der Waals surface area contributed by atoms with Crippen LogP contribution in [0.15, 0.2) is 36.7 Å². The van der Waals surface area contributed by atoms with Gasteiger partial charge in [-0.15, -0.1) is 0 Å². The Hall–Kier alpha value is -1.98. The van der Waals surface area contributed by atoms with Crippen LogP contribution in [-0.4, -0.2) is 17.1 Å². The van der Waals surface area contributed by atoms with Crippen LogP contribution in [0.1, 0.15) is 29.4 Å². The first-order chi connectivity index (χ1) is 9.72. The molecule has 0 amide bonds. The summed E-state index contributed by atoms with van der Waals surface area (Å²) >= 11 is 0. The number of aryl methyl sites for hydroxylation is 2. The molecule has 0 aliphatic carbocycles. The zero-order valence-electron chi connectivity index (χ0n) is 11.8. The molecule has 5 nitrogen and oxygen atoms in total. The molecule has 0 fully saturated rings. The minimum absolute atomic E-state index is 0.0438. The third-order valence-corrected chi connectivity index (χ3v) is 3.19. The number of hydrogen-bond donors (Lipinski definition) is 2. The van der Waals surface area contributed by atoms with Gasteiger partial charge in [-0.2, -0.15) is 0 Å². The highest BCUT2D eigenvalue weighted by Gasteiger charge is 2.12. The van der Waals surface area contributed by atoms with Crippen molar-refractivity contribution >= 4 is 0 Å². The normalized spacial score (nSPS) is 12.2. The van der Waals surface area contributed by atoms with E-state index in [1.54, 1.807) is 19.5 Å². The summed E-state index contributed by atoms with van der Waals surface area (Å²) in [6.45, 7) is 1.96. The molecule has 1 atom stereocenters. The summed E-state index contributed by atoms with van der Waals surface area (Å²) in [5, 5.41) is 0. The van der Waals surface area contributed by atoms with E-state index in [-0.39, 0.29) is 6.04 Å². The fourth-order valence-corrected chi connectivity index (χ4v) is 1.97. The minimum atomic E-state index is -0.0438. The number of rotatable bonds is 6. The standard InChI is InChI=1S/C15H20N4O/c1-11-9-17-15(18-10-11)14(19-16)8-5-12-3-6-13(20-2)7-4-12/h3-4,6-7,9-10,14,19H,5,8,16H2,1-2H3. The van der Waals surface area contributed by atoms with E-state index in [2.05, 4.69) is 27.5 Å². The molecule has 0 radical (unpaired) electrons. The fourth-order valence-electron chi connectivity index (χ4n) is 1.97. The second kappa shape index (κ2) is 6.98. The molecule has 5 heteroatoms. The zero-order chi connectivity index (χ0) is 14.4. The van der Waals surface area contributed by atoms with Crippen molar-refractivity contribution in [2.75, 3.05) is 7.11 Å². The number of nitrogens with one attached hydrogen (secondary N) is 1. The molecule has 0 aliphatic heterocycles. The van der Waals surface area contributed by atoms with Gasteiger partial charge in [-0.3, -0.25) is 5.84 Å². The van der Waals surface area contributed by atoms with Gasteiger partial charge < -0.3 is 4.74 Å². The summed E-state index contributed by atoms with van der Waals surface area (Å²) in [4.78, 5) is 8.63. The molecular formula is C15H20N4O. The summed E-state index contributed by atoms with van der Waals surface area (Å²) in [5.41, 5.74) is 5.06. The molecule has 0 bridgehead atoms. The lowest BCUT2D eigenvalue weighted by Gasteiger charge is -2.14. The number of nitrogens with two attached hydrogens (primary N) is 1. The zero-order valence-corrected chi connectivity index (χ0v) is 11.8. The molecule has 0 aliphatic rings. The van der Waals surface area contributed by atoms with Crippen LogP contribution in [0.5, 0.6) is 5.75 Å². The third kappa shape index (κ3) is 3.76. The number of nitrogens with zero attached hydrogens (tertiary/aromatic N) is 2. The maximum atomic E-state index is 5.60. The van der Waals surface area contributed by atoms with E-state index in [0.29, 0.717) is 0 Å². The Bertz CT molecular complexity index is 525. The minimum Gasteiger partial charge on any atom is -0.497 e. The van der Waals surface area contributed by atoms with Crippen molar-refractivity contribution in [2.45, 2.75) is 25.8 Å². The van der Waals surface area contributed by atoms with Crippen molar-refractivity contribution in [1.82, 2.24) is 15.4 Å². The lowest BCUT2D eigenvalue weighted by molar-refractivity contribution is 0.414. The second-order valence-corrected chi connectivity index (χ2v) is 4.72. The molecule has 106 valence electrons. The number of ether oxygens (including phenoxy) is 1. The largest absolute Gasteiger partial charge is 0.497 e. The van der Waals surface area contributed by atoms with E-state index >= 15 is 0 Å². The van der Waals surface area contributed by atoms with E-state index in [1.807, 2.05) is 19.1 Å². The summed E-state index contributed by atoms with van der Waals surface area (Å²) in [5.74, 6) is 7.20. The SMILES string of the molecule is COc1ccc(CCC(NN)c2ncc(C)cn2)cc1. The fraction of sp³-hybridized carbons (Fsp3) is 0.333. The second-order valence-electron chi connectivity index (χ2n) is 4.72. The van der Waals surface area contributed by atoms with Crippen LogP contribution in [0.2, 0.25) is 0 Å². The first kappa shape index (κ1) is 14.4. The van der Waals surface area contributed by atoms with E-state index in [0.717, 1.165) is 30.0 Å². The highest BCUT2D eigenvalue weighted by molar-refractivity contribution is 5.27. The predicted octanol–water partition coefficient (Wildman–Crippen LogP) is 1.93. The van der Waals surface area contributed by atoms with Gasteiger partial charge in [0, 0.05) is 12.4 Å². The monoisotopic (exact) mass is 272 g/mol. The molecule has 2 rings (SSSR count). The van der Waals surface area contributed by atoms with Crippen molar-refractivity contribution in [3.05, 3.63) is 53.6 Å². The number of benzene rings is 1. The predicted molar refractivity (Wildman–Crippen MR) is 78.1 cm³/mol. The van der Waals surface area contributed by atoms with Crippen LogP contribution in [-0.2, 0) is 6.42 Å². The van der Waals surface area contributed by atoms with Crippen molar-refractivity contribution in [1.29, 1.82) is 0 Å². The maximum absolute atomic E-state index is 5.60. The lowest BCUT2D eigenvalue weighted by atomic mass is 10.0. The van der Waals surface area contributed by atoms with E-state index in [4.69, 9.17) is 10.6 Å². The van der Waals surface area contributed by atoms with Gasteiger partial charge >= 0.3 is 0 Å². The molecule has 1 heterocycles. The molecular weight excluding hydrogens is 252 g/mol. The molecule has 20 heavy (non-hydrogen) atoms. The molecule has 1 aromatic carbocycles. The average molecular weight is 272 g/mol. The highest BCUT2D eigenvalue weighted by Crippen LogP contribution is 2.17. The average Bonchev–Trinajstić information content (AvgIpc) is 2.50. The van der Waals surface area contributed by atoms with Crippen molar-refractivity contribution < 1.29 is 4.74 Å². The van der Waals surface area contributed by atoms with Crippen LogP contribution in [0.25, 0.3) is 0 Å². The van der Waals surface area contributed by atoms with E-state index < -0.39 is 0 Å². The molecule has 0 saturated carbocycles. The van der Waals surface area contributed by atoms with Crippen molar-refractivity contribution in [3.8, 4) is 5.75 Å².